The van der Waals surface area contributed by atoms with E-state index in [4.69, 9.17) is 4.74 Å². The molecule has 1 aromatic carbocycles. The molecule has 0 heterocycles. The summed E-state index contributed by atoms with van der Waals surface area (Å²) in [7, 11) is 3.15. The van der Waals surface area contributed by atoms with E-state index >= 15 is 0 Å². The number of aliphatic imine (C=N–C) groups is 1. The fraction of sp³-hybridized carbons (Fsp3) is 0.562. The molecule has 2 N–H and O–H groups in total. The number of benzene rings is 1. The first kappa shape index (κ1) is 17.3. The van der Waals surface area contributed by atoms with Gasteiger partial charge in [0.05, 0.1) is 7.11 Å². The number of halogens is 2. The summed E-state index contributed by atoms with van der Waals surface area (Å²) in [5.41, 5.74) is 0.881. The van der Waals surface area contributed by atoms with Crippen LogP contribution in [-0.4, -0.2) is 39.8 Å². The SMILES string of the molecule is CN=C(NCCc1ccc(OC)c(OC(F)F)c1)NCC1CC1. The van der Waals surface area contributed by atoms with Gasteiger partial charge in [-0.25, -0.2) is 0 Å². The minimum atomic E-state index is -2.87. The Bertz CT molecular complexity index is 534. The van der Waals surface area contributed by atoms with Crippen molar-refractivity contribution in [3.8, 4) is 11.5 Å². The van der Waals surface area contributed by atoms with E-state index < -0.39 is 6.61 Å². The number of hydrogen-bond acceptors (Lipinski definition) is 3. The monoisotopic (exact) mass is 327 g/mol. The van der Waals surface area contributed by atoms with Crippen LogP contribution in [0.5, 0.6) is 11.5 Å². The number of methoxy groups -OCH3 is 1. The van der Waals surface area contributed by atoms with Crippen molar-refractivity contribution in [3.05, 3.63) is 23.8 Å². The first-order valence-corrected chi connectivity index (χ1v) is 7.68. The molecule has 2 rings (SSSR count). The van der Waals surface area contributed by atoms with Crippen LogP contribution >= 0.6 is 0 Å². The lowest BCUT2D eigenvalue weighted by Gasteiger charge is -2.13. The third kappa shape index (κ3) is 5.92. The van der Waals surface area contributed by atoms with Gasteiger partial charge in [0, 0.05) is 20.1 Å². The van der Waals surface area contributed by atoms with Gasteiger partial charge in [0.1, 0.15) is 0 Å². The summed E-state index contributed by atoms with van der Waals surface area (Å²) in [6, 6.07) is 5.04. The molecule has 1 saturated carbocycles. The Morgan fingerprint density at radius 1 is 1.30 bits per heavy atom. The second-order valence-corrected chi connectivity index (χ2v) is 5.44. The van der Waals surface area contributed by atoms with E-state index in [9.17, 15) is 8.78 Å². The molecule has 23 heavy (non-hydrogen) atoms. The van der Waals surface area contributed by atoms with Crippen LogP contribution < -0.4 is 20.1 Å². The van der Waals surface area contributed by atoms with Crippen LogP contribution in [0.4, 0.5) is 8.78 Å². The molecule has 1 aliphatic rings. The number of ether oxygens (including phenoxy) is 2. The lowest BCUT2D eigenvalue weighted by molar-refractivity contribution is -0.0512. The van der Waals surface area contributed by atoms with Crippen LogP contribution in [0.3, 0.4) is 0 Å². The highest BCUT2D eigenvalue weighted by molar-refractivity contribution is 5.79. The maximum Gasteiger partial charge on any atom is 0.387 e. The molecular weight excluding hydrogens is 304 g/mol. The Morgan fingerprint density at radius 3 is 2.70 bits per heavy atom. The molecule has 0 spiro atoms. The first-order chi connectivity index (χ1) is 11.1. The third-order valence-corrected chi connectivity index (χ3v) is 3.63. The minimum absolute atomic E-state index is 0.0521. The summed E-state index contributed by atoms with van der Waals surface area (Å²) in [4.78, 5) is 4.15. The lowest BCUT2D eigenvalue weighted by atomic mass is 10.1. The summed E-state index contributed by atoms with van der Waals surface area (Å²) in [5.74, 6) is 1.87. The standard InChI is InChI=1S/C16H23F2N3O2/c1-19-16(21-10-12-3-4-12)20-8-7-11-5-6-13(22-2)14(9-11)23-15(17)18/h5-6,9,12,15H,3-4,7-8,10H2,1-2H3,(H2,19,20,21). The lowest BCUT2D eigenvalue weighted by Crippen LogP contribution is -2.39. The Kier molecular flexibility index (Phi) is 6.43. The Hall–Kier alpha value is -2.05. The summed E-state index contributed by atoms with van der Waals surface area (Å²) >= 11 is 0. The quantitative estimate of drug-likeness (QED) is 0.569. The molecule has 0 saturated heterocycles. The molecule has 0 aromatic heterocycles. The molecule has 5 nitrogen and oxygen atoms in total. The van der Waals surface area contributed by atoms with Crippen molar-refractivity contribution in [2.24, 2.45) is 10.9 Å². The van der Waals surface area contributed by atoms with Gasteiger partial charge in [-0.1, -0.05) is 6.07 Å². The number of nitrogens with one attached hydrogen (secondary N) is 2. The fourth-order valence-electron chi connectivity index (χ4n) is 2.17. The van der Waals surface area contributed by atoms with E-state index in [1.54, 1.807) is 19.2 Å². The molecule has 0 atom stereocenters. The minimum Gasteiger partial charge on any atom is -0.493 e. The number of hydrogen-bond donors (Lipinski definition) is 2. The zero-order chi connectivity index (χ0) is 16.7. The predicted molar refractivity (Wildman–Crippen MR) is 85.4 cm³/mol. The van der Waals surface area contributed by atoms with Gasteiger partial charge in [-0.05, 0) is 42.9 Å². The fourth-order valence-corrected chi connectivity index (χ4v) is 2.17. The molecule has 7 heteroatoms. The summed E-state index contributed by atoms with van der Waals surface area (Å²) in [6.45, 7) is -1.29. The maximum atomic E-state index is 12.4. The molecule has 0 amide bonds. The van der Waals surface area contributed by atoms with E-state index in [2.05, 4.69) is 20.4 Å². The van der Waals surface area contributed by atoms with Gasteiger partial charge in [0.2, 0.25) is 0 Å². The van der Waals surface area contributed by atoms with Gasteiger partial charge in [-0.3, -0.25) is 4.99 Å². The Morgan fingerprint density at radius 2 is 2.09 bits per heavy atom. The second kappa shape index (κ2) is 8.55. The zero-order valence-electron chi connectivity index (χ0n) is 13.4. The first-order valence-electron chi connectivity index (χ1n) is 7.68. The molecule has 0 unspecified atom stereocenters. The van der Waals surface area contributed by atoms with Crippen molar-refractivity contribution in [1.82, 2.24) is 10.6 Å². The van der Waals surface area contributed by atoms with Crippen LogP contribution in [0.25, 0.3) is 0 Å². The van der Waals surface area contributed by atoms with E-state index in [1.807, 2.05) is 6.07 Å². The maximum absolute atomic E-state index is 12.4. The van der Waals surface area contributed by atoms with Crippen LogP contribution in [-0.2, 0) is 6.42 Å². The van der Waals surface area contributed by atoms with E-state index in [-0.39, 0.29) is 5.75 Å². The number of nitrogens with zero attached hydrogens (tertiary/aromatic N) is 1. The van der Waals surface area contributed by atoms with Gasteiger partial charge >= 0.3 is 6.61 Å². The molecule has 1 aliphatic carbocycles. The molecular formula is C16H23F2N3O2. The third-order valence-electron chi connectivity index (χ3n) is 3.63. The van der Waals surface area contributed by atoms with E-state index in [0.717, 1.165) is 24.0 Å². The van der Waals surface area contributed by atoms with Crippen molar-refractivity contribution in [2.75, 3.05) is 27.2 Å². The van der Waals surface area contributed by atoms with E-state index in [1.165, 1.54) is 20.0 Å². The molecule has 0 aliphatic heterocycles. The highest BCUT2D eigenvalue weighted by Gasteiger charge is 2.21. The molecule has 0 bridgehead atoms. The number of rotatable bonds is 8. The van der Waals surface area contributed by atoms with Crippen molar-refractivity contribution >= 4 is 5.96 Å². The van der Waals surface area contributed by atoms with Gasteiger partial charge in [0.15, 0.2) is 17.5 Å². The topological polar surface area (TPSA) is 54.9 Å². The normalized spacial score (nSPS) is 14.7. The Labute approximate surface area is 135 Å². The van der Waals surface area contributed by atoms with E-state index in [0.29, 0.717) is 18.7 Å². The number of alkyl halides is 2. The average molecular weight is 327 g/mol. The van der Waals surface area contributed by atoms with Crippen molar-refractivity contribution in [3.63, 3.8) is 0 Å². The van der Waals surface area contributed by atoms with Crippen molar-refractivity contribution in [2.45, 2.75) is 25.9 Å². The summed E-state index contributed by atoms with van der Waals surface area (Å²) in [6.07, 6.45) is 3.22. The van der Waals surface area contributed by atoms with Crippen molar-refractivity contribution in [1.29, 1.82) is 0 Å². The smallest absolute Gasteiger partial charge is 0.387 e. The van der Waals surface area contributed by atoms with Crippen molar-refractivity contribution < 1.29 is 18.3 Å². The van der Waals surface area contributed by atoms with Gasteiger partial charge in [-0.2, -0.15) is 8.78 Å². The van der Waals surface area contributed by atoms with Gasteiger partial charge in [0.25, 0.3) is 0 Å². The average Bonchev–Trinajstić information content (AvgIpc) is 3.34. The highest BCUT2D eigenvalue weighted by atomic mass is 19.3. The van der Waals surface area contributed by atoms with Gasteiger partial charge in [-0.15, -0.1) is 0 Å². The van der Waals surface area contributed by atoms with Gasteiger partial charge < -0.3 is 20.1 Å². The van der Waals surface area contributed by atoms with Crippen LogP contribution in [0.2, 0.25) is 0 Å². The summed E-state index contributed by atoms with van der Waals surface area (Å²) in [5, 5.41) is 6.48. The van der Waals surface area contributed by atoms with Crippen LogP contribution in [0.15, 0.2) is 23.2 Å². The second-order valence-electron chi connectivity index (χ2n) is 5.44. The molecule has 128 valence electrons. The highest BCUT2D eigenvalue weighted by Crippen LogP contribution is 2.29. The Balaban J connectivity index is 1.84. The molecule has 0 radical (unpaired) electrons. The summed E-state index contributed by atoms with van der Waals surface area (Å²) < 4.78 is 34.3. The predicted octanol–water partition coefficient (Wildman–Crippen LogP) is 2.41. The largest absolute Gasteiger partial charge is 0.493 e. The van der Waals surface area contributed by atoms with Crippen LogP contribution in [0.1, 0.15) is 18.4 Å². The molecule has 1 aromatic rings. The molecule has 1 fully saturated rings. The van der Waals surface area contributed by atoms with Crippen LogP contribution in [0, 0.1) is 5.92 Å². The number of guanidine groups is 1. The zero-order valence-corrected chi connectivity index (χ0v) is 13.4.